The third kappa shape index (κ3) is 2.81. The minimum Gasteiger partial charge on any atom is -0.179 e. The monoisotopic (exact) mass is 226 g/mol. The lowest BCUT2D eigenvalue weighted by atomic mass is 9.66. The molecule has 0 aromatic rings. The second-order valence-corrected chi connectivity index (χ2v) is 5.96. The van der Waals surface area contributed by atoms with Gasteiger partial charge in [-0.1, -0.05) is 39.8 Å². The molecule has 88 valence electrons. The van der Waals surface area contributed by atoms with Gasteiger partial charge in [-0.15, -0.1) is 0 Å². The first-order valence-corrected chi connectivity index (χ1v) is 6.97. The molecule has 1 aliphatic rings. The van der Waals surface area contributed by atoms with Crippen LogP contribution in [0.2, 0.25) is 0 Å². The fraction of sp³-hybridized carbons (Fsp3) is 0.857. The standard InChI is InChI=1S/C14H26S/c1-5-14(4,11(2)3)13-7-6-12(10-13)8-9-15/h6-7,11-13,15H,5,8-10H2,1-4H3/t12?,13?,14-/m0/s1. The van der Waals surface area contributed by atoms with E-state index in [1.807, 2.05) is 0 Å². The number of allylic oxidation sites excluding steroid dienone is 2. The Labute approximate surface area is 101 Å². The molecule has 3 atom stereocenters. The van der Waals surface area contributed by atoms with Crippen LogP contribution >= 0.6 is 12.6 Å². The van der Waals surface area contributed by atoms with Gasteiger partial charge in [0.05, 0.1) is 0 Å². The molecule has 0 spiro atoms. The summed E-state index contributed by atoms with van der Waals surface area (Å²) in [5.41, 5.74) is 0.488. The molecule has 0 nitrogen and oxygen atoms in total. The zero-order valence-electron chi connectivity index (χ0n) is 10.7. The van der Waals surface area contributed by atoms with Gasteiger partial charge in [0.2, 0.25) is 0 Å². The molecule has 0 radical (unpaired) electrons. The van der Waals surface area contributed by atoms with Crippen LogP contribution in [-0.4, -0.2) is 5.75 Å². The van der Waals surface area contributed by atoms with Crippen molar-refractivity contribution < 1.29 is 0 Å². The van der Waals surface area contributed by atoms with Crippen molar-refractivity contribution in [3.8, 4) is 0 Å². The van der Waals surface area contributed by atoms with E-state index in [0.717, 1.165) is 23.5 Å². The summed E-state index contributed by atoms with van der Waals surface area (Å²) in [4.78, 5) is 0. The van der Waals surface area contributed by atoms with Gasteiger partial charge in [0.15, 0.2) is 0 Å². The summed E-state index contributed by atoms with van der Waals surface area (Å²) in [6.45, 7) is 9.52. The van der Waals surface area contributed by atoms with E-state index in [-0.39, 0.29) is 0 Å². The maximum absolute atomic E-state index is 4.33. The molecule has 0 aliphatic heterocycles. The van der Waals surface area contributed by atoms with E-state index in [9.17, 15) is 0 Å². The van der Waals surface area contributed by atoms with Crippen molar-refractivity contribution in [1.29, 1.82) is 0 Å². The molecule has 1 rings (SSSR count). The second-order valence-electron chi connectivity index (χ2n) is 5.51. The van der Waals surface area contributed by atoms with Crippen molar-refractivity contribution >= 4 is 12.6 Å². The van der Waals surface area contributed by atoms with E-state index < -0.39 is 0 Å². The Morgan fingerprint density at radius 1 is 1.40 bits per heavy atom. The summed E-state index contributed by atoms with van der Waals surface area (Å²) in [6.07, 6.45) is 8.78. The molecule has 0 bridgehead atoms. The van der Waals surface area contributed by atoms with E-state index >= 15 is 0 Å². The van der Waals surface area contributed by atoms with Crippen LogP contribution in [0.3, 0.4) is 0 Å². The predicted octanol–water partition coefficient (Wildman–Crippen LogP) is 4.57. The first-order chi connectivity index (χ1) is 7.04. The van der Waals surface area contributed by atoms with Gasteiger partial charge in [-0.2, -0.15) is 12.6 Å². The highest BCUT2D eigenvalue weighted by Gasteiger charge is 2.36. The molecule has 0 amide bonds. The van der Waals surface area contributed by atoms with Crippen molar-refractivity contribution in [1.82, 2.24) is 0 Å². The normalized spacial score (nSPS) is 29.7. The van der Waals surface area contributed by atoms with E-state index in [1.165, 1.54) is 19.3 Å². The van der Waals surface area contributed by atoms with Crippen molar-refractivity contribution in [3.63, 3.8) is 0 Å². The second kappa shape index (κ2) is 5.43. The minimum atomic E-state index is 0.488. The molecule has 15 heavy (non-hydrogen) atoms. The van der Waals surface area contributed by atoms with Crippen LogP contribution in [0.4, 0.5) is 0 Å². The van der Waals surface area contributed by atoms with Gasteiger partial charge in [0.1, 0.15) is 0 Å². The molecule has 0 aromatic carbocycles. The van der Waals surface area contributed by atoms with Gasteiger partial charge < -0.3 is 0 Å². The summed E-state index contributed by atoms with van der Waals surface area (Å²) in [5, 5.41) is 0. The molecule has 2 unspecified atom stereocenters. The summed E-state index contributed by atoms with van der Waals surface area (Å²) >= 11 is 4.33. The van der Waals surface area contributed by atoms with Crippen LogP contribution in [0.1, 0.15) is 47.0 Å². The van der Waals surface area contributed by atoms with Gasteiger partial charge in [-0.05, 0) is 48.2 Å². The average Bonchev–Trinajstić information content (AvgIpc) is 2.66. The quantitative estimate of drug-likeness (QED) is 0.515. The molecule has 0 aromatic heterocycles. The maximum atomic E-state index is 4.33. The molecule has 0 heterocycles. The zero-order valence-corrected chi connectivity index (χ0v) is 11.6. The molecular weight excluding hydrogens is 200 g/mol. The van der Waals surface area contributed by atoms with Gasteiger partial charge in [-0.3, -0.25) is 0 Å². The van der Waals surface area contributed by atoms with Crippen LogP contribution in [0.15, 0.2) is 12.2 Å². The Morgan fingerprint density at radius 3 is 2.53 bits per heavy atom. The molecule has 1 heteroatoms. The predicted molar refractivity (Wildman–Crippen MR) is 72.4 cm³/mol. The lowest BCUT2D eigenvalue weighted by molar-refractivity contribution is 0.130. The summed E-state index contributed by atoms with van der Waals surface area (Å²) < 4.78 is 0. The van der Waals surface area contributed by atoms with Gasteiger partial charge >= 0.3 is 0 Å². The van der Waals surface area contributed by atoms with Crippen molar-refractivity contribution in [2.24, 2.45) is 23.2 Å². The van der Waals surface area contributed by atoms with E-state index in [0.29, 0.717) is 5.41 Å². The largest absolute Gasteiger partial charge is 0.179 e. The maximum Gasteiger partial charge on any atom is -0.00923 e. The topological polar surface area (TPSA) is 0 Å². The van der Waals surface area contributed by atoms with Crippen LogP contribution in [0, 0.1) is 23.2 Å². The van der Waals surface area contributed by atoms with Crippen LogP contribution in [-0.2, 0) is 0 Å². The number of hydrogen-bond acceptors (Lipinski definition) is 1. The smallest absolute Gasteiger partial charge is 0.00923 e. The van der Waals surface area contributed by atoms with Crippen molar-refractivity contribution in [3.05, 3.63) is 12.2 Å². The Hall–Kier alpha value is 0.0900. The first-order valence-electron chi connectivity index (χ1n) is 6.33. The summed E-state index contributed by atoms with van der Waals surface area (Å²) in [7, 11) is 0. The molecule has 0 fully saturated rings. The third-order valence-corrected chi connectivity index (χ3v) is 4.86. The minimum absolute atomic E-state index is 0.488. The van der Waals surface area contributed by atoms with Crippen LogP contribution < -0.4 is 0 Å². The first kappa shape index (κ1) is 13.2. The molecule has 0 N–H and O–H groups in total. The van der Waals surface area contributed by atoms with Crippen LogP contribution in [0.25, 0.3) is 0 Å². The number of rotatable bonds is 5. The Bertz CT molecular complexity index is 219. The lowest BCUT2D eigenvalue weighted by Crippen LogP contribution is -2.30. The van der Waals surface area contributed by atoms with E-state index in [1.54, 1.807) is 0 Å². The highest BCUT2D eigenvalue weighted by atomic mass is 32.1. The molecule has 0 saturated heterocycles. The summed E-state index contributed by atoms with van der Waals surface area (Å²) in [5.74, 6) is 3.36. The molecule has 1 aliphatic carbocycles. The lowest BCUT2D eigenvalue weighted by Gasteiger charge is -2.38. The SMILES string of the molecule is CC[C@@](C)(C(C)C)C1C=CC(CCS)C1. The fourth-order valence-corrected chi connectivity index (χ4v) is 3.07. The third-order valence-electron chi connectivity index (χ3n) is 4.60. The van der Waals surface area contributed by atoms with E-state index in [4.69, 9.17) is 0 Å². The number of hydrogen-bond donors (Lipinski definition) is 1. The van der Waals surface area contributed by atoms with E-state index in [2.05, 4.69) is 52.5 Å². The van der Waals surface area contributed by atoms with Crippen molar-refractivity contribution in [2.45, 2.75) is 47.0 Å². The van der Waals surface area contributed by atoms with Crippen molar-refractivity contribution in [2.75, 3.05) is 5.75 Å². The summed E-state index contributed by atoms with van der Waals surface area (Å²) in [6, 6.07) is 0. The highest BCUT2D eigenvalue weighted by Crippen LogP contribution is 2.46. The Morgan fingerprint density at radius 2 is 2.07 bits per heavy atom. The Kier molecular flexibility index (Phi) is 4.76. The fourth-order valence-electron chi connectivity index (χ4n) is 2.74. The van der Waals surface area contributed by atoms with Gasteiger partial charge in [0.25, 0.3) is 0 Å². The van der Waals surface area contributed by atoms with Crippen LogP contribution in [0.5, 0.6) is 0 Å². The average molecular weight is 226 g/mol. The zero-order chi connectivity index (χ0) is 11.5. The highest BCUT2D eigenvalue weighted by molar-refractivity contribution is 7.80. The molecular formula is C14H26S. The van der Waals surface area contributed by atoms with Gasteiger partial charge in [-0.25, -0.2) is 0 Å². The molecule has 0 saturated carbocycles. The Balaban J connectivity index is 2.63. The van der Waals surface area contributed by atoms with Gasteiger partial charge in [0, 0.05) is 0 Å². The number of thiol groups is 1.